The summed E-state index contributed by atoms with van der Waals surface area (Å²) in [6.07, 6.45) is 2.97. The molecule has 3 rings (SSSR count). The fraction of sp³-hybridized carbons (Fsp3) is 0.211. The summed E-state index contributed by atoms with van der Waals surface area (Å²) >= 11 is 0. The van der Waals surface area contributed by atoms with Crippen molar-refractivity contribution in [2.75, 3.05) is 14.2 Å². The molecule has 0 bridgehead atoms. The number of nitrogens with zero attached hydrogens (tertiary/aromatic N) is 1. The van der Waals surface area contributed by atoms with E-state index >= 15 is 0 Å². The van der Waals surface area contributed by atoms with Gasteiger partial charge in [0.15, 0.2) is 23.4 Å². The monoisotopic (exact) mass is 294 g/mol. The van der Waals surface area contributed by atoms with Gasteiger partial charge in [0.1, 0.15) is 7.05 Å². The molecule has 22 heavy (non-hydrogen) atoms. The Kier molecular flexibility index (Phi) is 3.96. The van der Waals surface area contributed by atoms with Gasteiger partial charge in [0.25, 0.3) is 0 Å². The minimum Gasteiger partial charge on any atom is -0.493 e. The number of aryl methyl sites for hydroxylation is 1. The molecule has 1 aromatic heterocycles. The van der Waals surface area contributed by atoms with Gasteiger partial charge in [0.05, 0.1) is 26.0 Å². The number of hydrogen-bond donors (Lipinski definition) is 0. The van der Waals surface area contributed by atoms with Crippen LogP contribution in [-0.4, -0.2) is 14.2 Å². The molecule has 0 spiro atoms. The van der Waals surface area contributed by atoms with Gasteiger partial charge in [-0.25, -0.2) is 4.57 Å². The third-order valence-corrected chi connectivity index (χ3v) is 3.98. The van der Waals surface area contributed by atoms with Crippen LogP contribution in [0.5, 0.6) is 11.5 Å². The smallest absolute Gasteiger partial charge is 0.193 e. The van der Waals surface area contributed by atoms with Crippen molar-refractivity contribution in [3.8, 4) is 11.5 Å². The van der Waals surface area contributed by atoms with Crippen molar-refractivity contribution >= 4 is 10.8 Å². The molecule has 0 radical (unpaired) electrons. The van der Waals surface area contributed by atoms with Gasteiger partial charge in [-0.15, -0.1) is 0 Å². The van der Waals surface area contributed by atoms with E-state index < -0.39 is 0 Å². The maximum atomic E-state index is 5.46. The van der Waals surface area contributed by atoms with E-state index in [2.05, 4.69) is 54.2 Å². The number of benzene rings is 2. The van der Waals surface area contributed by atoms with Crippen LogP contribution in [-0.2, 0) is 13.5 Å². The van der Waals surface area contributed by atoms with E-state index in [9.17, 15) is 0 Å². The zero-order chi connectivity index (χ0) is 15.5. The Balaban J connectivity index is 2.17. The first-order valence-electron chi connectivity index (χ1n) is 7.30. The highest BCUT2D eigenvalue weighted by atomic mass is 16.5. The molecule has 0 saturated heterocycles. The minimum absolute atomic E-state index is 0.759. The topological polar surface area (TPSA) is 22.3 Å². The van der Waals surface area contributed by atoms with Crippen LogP contribution in [0.4, 0.5) is 0 Å². The summed E-state index contributed by atoms with van der Waals surface area (Å²) in [6.45, 7) is 0. The summed E-state index contributed by atoms with van der Waals surface area (Å²) in [5, 5.41) is 2.34. The SMILES string of the molecule is COc1cc2cc[n+](C)c(Cc3ccccc3)c2cc1OC. The van der Waals surface area contributed by atoms with Gasteiger partial charge in [-0.2, -0.15) is 0 Å². The van der Waals surface area contributed by atoms with Gasteiger partial charge in [-0.05, 0) is 23.1 Å². The van der Waals surface area contributed by atoms with Gasteiger partial charge >= 0.3 is 0 Å². The first kappa shape index (κ1) is 14.4. The zero-order valence-electron chi connectivity index (χ0n) is 13.2. The molecule has 0 saturated carbocycles. The highest BCUT2D eigenvalue weighted by molar-refractivity contribution is 5.87. The van der Waals surface area contributed by atoms with E-state index in [0.717, 1.165) is 23.3 Å². The number of fused-ring (bicyclic) bond motifs is 1. The van der Waals surface area contributed by atoms with Crippen LogP contribution >= 0.6 is 0 Å². The van der Waals surface area contributed by atoms with Crippen LogP contribution in [0.25, 0.3) is 10.8 Å². The van der Waals surface area contributed by atoms with Crippen molar-refractivity contribution in [1.29, 1.82) is 0 Å². The van der Waals surface area contributed by atoms with Crippen LogP contribution in [0.3, 0.4) is 0 Å². The van der Waals surface area contributed by atoms with E-state index in [-0.39, 0.29) is 0 Å². The molecule has 0 atom stereocenters. The first-order chi connectivity index (χ1) is 10.7. The molecular weight excluding hydrogens is 274 g/mol. The lowest BCUT2D eigenvalue weighted by Gasteiger charge is -2.11. The summed E-state index contributed by atoms with van der Waals surface area (Å²) in [4.78, 5) is 0. The Morgan fingerprint density at radius 2 is 1.59 bits per heavy atom. The molecule has 0 fully saturated rings. The van der Waals surface area contributed by atoms with E-state index in [0.29, 0.717) is 0 Å². The Morgan fingerprint density at radius 1 is 0.909 bits per heavy atom. The summed E-state index contributed by atoms with van der Waals surface area (Å²) in [7, 11) is 5.41. The van der Waals surface area contributed by atoms with Crippen LogP contribution in [0.1, 0.15) is 11.3 Å². The predicted molar refractivity (Wildman–Crippen MR) is 87.5 cm³/mol. The van der Waals surface area contributed by atoms with Gasteiger partial charge in [0, 0.05) is 6.07 Å². The van der Waals surface area contributed by atoms with Crippen LogP contribution in [0, 0.1) is 0 Å². The molecule has 0 aliphatic rings. The average Bonchev–Trinajstić information content (AvgIpc) is 2.57. The predicted octanol–water partition coefficient (Wildman–Crippen LogP) is 3.27. The normalized spacial score (nSPS) is 10.7. The molecule has 112 valence electrons. The van der Waals surface area contributed by atoms with Crippen LogP contribution < -0.4 is 14.0 Å². The summed E-state index contributed by atoms with van der Waals surface area (Å²) in [5.41, 5.74) is 2.55. The van der Waals surface area contributed by atoms with Crippen molar-refractivity contribution in [1.82, 2.24) is 0 Å². The molecule has 3 aromatic rings. The molecule has 0 aliphatic carbocycles. The molecule has 0 aliphatic heterocycles. The van der Waals surface area contributed by atoms with Crippen molar-refractivity contribution < 1.29 is 14.0 Å². The largest absolute Gasteiger partial charge is 0.493 e. The maximum absolute atomic E-state index is 5.46. The first-order valence-corrected chi connectivity index (χ1v) is 7.30. The number of pyridine rings is 1. The van der Waals surface area contributed by atoms with Crippen molar-refractivity contribution in [2.45, 2.75) is 6.42 Å². The second kappa shape index (κ2) is 6.06. The van der Waals surface area contributed by atoms with Gasteiger partial charge in [-0.3, -0.25) is 0 Å². The Hall–Kier alpha value is -2.55. The van der Waals surface area contributed by atoms with Crippen molar-refractivity contribution in [3.63, 3.8) is 0 Å². The number of methoxy groups -OCH3 is 2. The molecule has 0 N–H and O–H groups in total. The fourth-order valence-electron chi connectivity index (χ4n) is 2.76. The minimum atomic E-state index is 0.759. The maximum Gasteiger partial charge on any atom is 0.193 e. The summed E-state index contributed by atoms with van der Waals surface area (Å²) < 4.78 is 13.0. The molecule has 1 heterocycles. The lowest BCUT2D eigenvalue weighted by molar-refractivity contribution is -0.677. The Morgan fingerprint density at radius 3 is 2.27 bits per heavy atom. The van der Waals surface area contributed by atoms with Crippen molar-refractivity contribution in [3.05, 3.63) is 66.0 Å². The number of aromatic nitrogens is 1. The van der Waals surface area contributed by atoms with E-state index in [4.69, 9.17) is 9.47 Å². The quantitative estimate of drug-likeness (QED) is 0.689. The molecule has 0 amide bonds. The number of rotatable bonds is 4. The zero-order valence-corrected chi connectivity index (χ0v) is 13.2. The third-order valence-electron chi connectivity index (χ3n) is 3.98. The summed E-state index contributed by atoms with van der Waals surface area (Å²) in [6, 6.07) is 16.7. The van der Waals surface area contributed by atoms with E-state index in [1.807, 2.05) is 12.1 Å². The Labute approximate surface area is 130 Å². The lowest BCUT2D eigenvalue weighted by Crippen LogP contribution is -2.33. The molecule has 2 aromatic carbocycles. The second-order valence-electron chi connectivity index (χ2n) is 5.33. The van der Waals surface area contributed by atoms with E-state index in [1.165, 1.54) is 16.6 Å². The van der Waals surface area contributed by atoms with E-state index in [1.54, 1.807) is 14.2 Å². The van der Waals surface area contributed by atoms with Gasteiger partial charge in [-0.1, -0.05) is 30.3 Å². The lowest BCUT2D eigenvalue weighted by atomic mass is 10.0. The number of ether oxygens (including phenoxy) is 2. The molecule has 0 unspecified atom stereocenters. The molecular formula is C19H20NO2+. The number of hydrogen-bond acceptors (Lipinski definition) is 2. The van der Waals surface area contributed by atoms with Gasteiger partial charge in [0.2, 0.25) is 0 Å². The second-order valence-corrected chi connectivity index (χ2v) is 5.33. The highest BCUT2D eigenvalue weighted by Gasteiger charge is 2.16. The van der Waals surface area contributed by atoms with Crippen LogP contribution in [0.2, 0.25) is 0 Å². The van der Waals surface area contributed by atoms with Crippen LogP contribution in [0.15, 0.2) is 54.7 Å². The Bertz CT molecular complexity index is 797. The molecule has 3 heteroatoms. The van der Waals surface area contributed by atoms with Gasteiger partial charge < -0.3 is 9.47 Å². The van der Waals surface area contributed by atoms with Crippen molar-refractivity contribution in [2.24, 2.45) is 7.05 Å². The third kappa shape index (κ3) is 2.62. The standard InChI is InChI=1S/C19H20NO2/c1-20-10-9-15-12-18(21-2)19(22-3)13-16(15)17(20)11-14-7-5-4-6-8-14/h4-10,12-13H,11H2,1-3H3/q+1. The average molecular weight is 294 g/mol. The highest BCUT2D eigenvalue weighted by Crippen LogP contribution is 2.33. The molecule has 3 nitrogen and oxygen atoms in total. The summed E-state index contributed by atoms with van der Waals surface area (Å²) in [5.74, 6) is 1.52. The fourth-order valence-corrected chi connectivity index (χ4v) is 2.76.